The van der Waals surface area contributed by atoms with E-state index in [1.165, 1.54) is 5.57 Å². The van der Waals surface area contributed by atoms with E-state index in [-0.39, 0.29) is 32.8 Å². The molecule has 2 aromatic rings. The first kappa shape index (κ1) is 42.2. The quantitative estimate of drug-likeness (QED) is 0.265. The molecule has 3 saturated carbocycles. The Morgan fingerprint density at radius 2 is 1.81 bits per heavy atom. The van der Waals surface area contributed by atoms with Crippen LogP contribution in [0.15, 0.2) is 45.8 Å². The summed E-state index contributed by atoms with van der Waals surface area (Å²) < 4.78 is 34.0. The standard InChI is InChI=1S/C22H32O4.C9H10N2O3S2.C7H12N2O2/c1-13(23)22(25)10-7-17-15-12-19(26-4)18-11-14(24)5-8-20(18,2)16(15)6-9-21(17,22)3;1-2-14-6-3-4-7-8(5-6)15-9(11-7)16(10,12)13;1-3-5(4-2)6(10)9-7(8)11/h11,15-17,19,25H,5-10,12H2,1-4H3;3-5H,2H2,1H3,(H2,10,12,13);3H,4H2,1-2H3,(H3,8,9,10,11)/t15-,16+,17+,19+,20-,21+,22+;;/m1../s1. The largest absolute Gasteiger partial charge is 0.494 e. The third-order valence-electron chi connectivity index (χ3n) is 12.1. The second kappa shape index (κ2) is 16.5. The molecular formula is C38H54N4O9S2. The molecule has 0 unspecified atom stereocenters. The lowest BCUT2D eigenvalue weighted by Gasteiger charge is -2.60. The lowest BCUT2D eigenvalue weighted by Crippen LogP contribution is -2.58. The molecule has 7 atom stereocenters. The summed E-state index contributed by atoms with van der Waals surface area (Å²) >= 11 is 1.04. The van der Waals surface area contributed by atoms with Gasteiger partial charge in [-0.1, -0.05) is 26.8 Å². The molecule has 1 aromatic heterocycles. The lowest BCUT2D eigenvalue weighted by atomic mass is 9.45. The summed E-state index contributed by atoms with van der Waals surface area (Å²) in [6.07, 6.45) is 9.94. The molecule has 0 radical (unpaired) electrons. The second-order valence-corrected chi connectivity index (χ2v) is 17.6. The Kier molecular flexibility index (Phi) is 13.1. The molecule has 1 heterocycles. The van der Waals surface area contributed by atoms with Crippen LogP contribution in [0.2, 0.25) is 0 Å². The number of thiazole rings is 1. The minimum absolute atomic E-state index is 0.00969. The van der Waals surface area contributed by atoms with E-state index in [1.54, 1.807) is 45.2 Å². The second-order valence-electron chi connectivity index (χ2n) is 14.8. The monoisotopic (exact) mass is 774 g/mol. The van der Waals surface area contributed by atoms with Crippen LogP contribution in [-0.2, 0) is 29.1 Å². The fourth-order valence-corrected chi connectivity index (χ4v) is 11.0. The van der Waals surface area contributed by atoms with E-state index >= 15 is 0 Å². The van der Waals surface area contributed by atoms with Crippen LogP contribution in [-0.4, -0.2) is 67.4 Å². The Labute approximate surface area is 316 Å². The zero-order valence-corrected chi connectivity index (χ0v) is 33.3. The third kappa shape index (κ3) is 8.44. The molecule has 1 aromatic carbocycles. The van der Waals surface area contributed by atoms with E-state index in [9.17, 15) is 32.7 Å². The molecule has 4 aliphatic rings. The van der Waals surface area contributed by atoms with E-state index in [0.717, 1.165) is 48.1 Å². The zero-order chi connectivity index (χ0) is 39.5. The Morgan fingerprint density at radius 1 is 1.13 bits per heavy atom. The molecule has 6 N–H and O–H groups in total. The van der Waals surface area contributed by atoms with Crippen molar-refractivity contribution >= 4 is 55.1 Å². The number of primary sulfonamides is 1. The first-order valence-electron chi connectivity index (χ1n) is 18.1. The molecule has 6 rings (SSSR count). The van der Waals surface area contributed by atoms with Gasteiger partial charge in [-0.15, -0.1) is 11.3 Å². The normalized spacial score (nSPS) is 30.6. The van der Waals surface area contributed by atoms with Crippen molar-refractivity contribution in [2.45, 2.75) is 109 Å². The molecule has 292 valence electrons. The predicted octanol–water partition coefficient (Wildman–Crippen LogP) is 5.34. The van der Waals surface area contributed by atoms with Crippen molar-refractivity contribution in [3.8, 4) is 5.75 Å². The van der Waals surface area contributed by atoms with Gasteiger partial charge >= 0.3 is 6.03 Å². The zero-order valence-electron chi connectivity index (χ0n) is 31.7. The summed E-state index contributed by atoms with van der Waals surface area (Å²) in [7, 11) is -1.98. The molecule has 0 bridgehead atoms. The number of imide groups is 1. The van der Waals surface area contributed by atoms with Gasteiger partial charge in [-0.3, -0.25) is 19.7 Å². The number of nitrogens with one attached hydrogen (secondary N) is 1. The van der Waals surface area contributed by atoms with Crippen molar-refractivity contribution in [1.82, 2.24) is 10.3 Å². The number of rotatable bonds is 7. The van der Waals surface area contributed by atoms with Gasteiger partial charge in [0.1, 0.15) is 11.4 Å². The van der Waals surface area contributed by atoms with Crippen LogP contribution in [0.4, 0.5) is 4.79 Å². The highest BCUT2D eigenvalue weighted by Gasteiger charge is 2.66. The van der Waals surface area contributed by atoms with Crippen molar-refractivity contribution in [2.75, 3.05) is 13.7 Å². The Morgan fingerprint density at radius 3 is 2.38 bits per heavy atom. The van der Waals surface area contributed by atoms with Crippen LogP contribution in [0.1, 0.15) is 92.9 Å². The van der Waals surface area contributed by atoms with Crippen LogP contribution in [0, 0.1) is 28.6 Å². The number of ketones is 2. The van der Waals surface area contributed by atoms with Gasteiger partial charge in [-0.2, -0.15) is 0 Å². The fraction of sp³-hybridized carbons (Fsp3) is 0.605. The predicted molar refractivity (Wildman–Crippen MR) is 202 cm³/mol. The van der Waals surface area contributed by atoms with Crippen molar-refractivity contribution in [3.05, 3.63) is 41.5 Å². The number of primary amides is 1. The highest BCUT2D eigenvalue weighted by atomic mass is 32.2. The van der Waals surface area contributed by atoms with Gasteiger partial charge in [0.2, 0.25) is 4.34 Å². The third-order valence-corrected chi connectivity index (χ3v) is 14.5. The number of carbonyl (C=O) groups is 4. The summed E-state index contributed by atoms with van der Waals surface area (Å²) in [4.78, 5) is 49.5. The summed E-state index contributed by atoms with van der Waals surface area (Å²) in [5, 5.41) is 18.2. The molecule has 0 aliphatic heterocycles. The van der Waals surface area contributed by atoms with Gasteiger partial charge in [-0.25, -0.2) is 23.3 Å². The number of nitrogens with two attached hydrogens (primary N) is 2. The van der Waals surface area contributed by atoms with Gasteiger partial charge in [0, 0.05) is 24.5 Å². The molecule has 4 aliphatic carbocycles. The summed E-state index contributed by atoms with van der Waals surface area (Å²) in [6.45, 7) is 12.0. The Bertz CT molecular complexity index is 1910. The van der Waals surface area contributed by atoms with Crippen LogP contribution in [0.3, 0.4) is 0 Å². The van der Waals surface area contributed by atoms with Crippen molar-refractivity contribution in [1.29, 1.82) is 0 Å². The number of aliphatic hydroxyl groups is 1. The Hall–Kier alpha value is -3.50. The SMILES string of the molecule is CC=C(CC)C(=O)NC(N)=O.CCOc1ccc2nc(S(N)(=O)=O)sc2c1.CO[C@H]1C[C@@H]2[C@H](CC[C@@]3(C)[C@H]2CC[C@]3(O)C(C)=O)[C@@]2(C)CCC(=O)C=C12. The number of Topliss-reactive ketones (excluding diaryl/α,β-unsaturated/α-hetero) is 1. The molecule has 0 spiro atoms. The smallest absolute Gasteiger partial charge is 0.319 e. The maximum atomic E-state index is 12.3. The average Bonchev–Trinajstić information content (AvgIpc) is 3.65. The maximum absolute atomic E-state index is 12.3. The van der Waals surface area contributed by atoms with Crippen molar-refractivity contribution in [3.63, 3.8) is 0 Å². The van der Waals surface area contributed by atoms with E-state index < -0.39 is 27.6 Å². The number of fused-ring (bicyclic) bond motifs is 6. The first-order valence-corrected chi connectivity index (χ1v) is 20.5. The topological polar surface area (TPSA) is 218 Å². The van der Waals surface area contributed by atoms with Gasteiger partial charge in [-0.05, 0) is 119 Å². The number of urea groups is 1. The lowest BCUT2D eigenvalue weighted by molar-refractivity contribution is -0.163. The van der Waals surface area contributed by atoms with Crippen molar-refractivity contribution in [2.24, 2.45) is 39.5 Å². The van der Waals surface area contributed by atoms with E-state index in [4.69, 9.17) is 20.3 Å². The number of sulfonamides is 1. The number of hydrogen-bond donors (Lipinski definition) is 4. The number of methoxy groups -OCH3 is 1. The molecule has 13 nitrogen and oxygen atoms in total. The number of amides is 3. The van der Waals surface area contributed by atoms with E-state index in [2.05, 4.69) is 18.8 Å². The van der Waals surface area contributed by atoms with Gasteiger partial charge < -0.3 is 20.3 Å². The number of carbonyl (C=O) groups excluding carboxylic acids is 4. The number of allylic oxidation sites excluding steroid dienone is 1. The fourth-order valence-electron chi connectivity index (χ4n) is 9.35. The minimum Gasteiger partial charge on any atom is -0.494 e. The summed E-state index contributed by atoms with van der Waals surface area (Å²) in [5.41, 5.74) is 5.61. The van der Waals surface area contributed by atoms with Crippen LogP contribution in [0.5, 0.6) is 5.75 Å². The van der Waals surface area contributed by atoms with E-state index in [1.807, 2.05) is 25.2 Å². The molecule has 53 heavy (non-hydrogen) atoms. The number of ether oxygens (including phenoxy) is 2. The number of hydrogen-bond acceptors (Lipinski definition) is 11. The summed E-state index contributed by atoms with van der Waals surface area (Å²) in [5.74, 6) is 1.74. The molecule has 15 heteroatoms. The number of nitrogens with zero attached hydrogens (tertiary/aromatic N) is 1. The highest BCUT2D eigenvalue weighted by Crippen LogP contribution is 2.67. The van der Waals surface area contributed by atoms with Crippen LogP contribution < -0.4 is 20.9 Å². The number of benzene rings is 1. The van der Waals surface area contributed by atoms with Gasteiger partial charge in [0.15, 0.2) is 11.6 Å². The molecule has 3 amide bonds. The van der Waals surface area contributed by atoms with Crippen LogP contribution in [0.25, 0.3) is 10.2 Å². The summed E-state index contributed by atoms with van der Waals surface area (Å²) in [6, 6.07) is 4.40. The van der Waals surface area contributed by atoms with Crippen molar-refractivity contribution < 1.29 is 42.2 Å². The molecule has 0 saturated heterocycles. The maximum Gasteiger partial charge on any atom is 0.319 e. The number of aromatic nitrogens is 1. The van der Waals surface area contributed by atoms with Gasteiger partial charge in [0.05, 0.1) is 22.9 Å². The average molecular weight is 775 g/mol. The highest BCUT2D eigenvalue weighted by molar-refractivity contribution is 7.91. The molecule has 3 fully saturated rings. The molecular weight excluding hydrogens is 721 g/mol. The minimum atomic E-state index is -3.72. The Balaban J connectivity index is 0.000000198. The van der Waals surface area contributed by atoms with E-state index in [0.29, 0.717) is 60.5 Å². The first-order chi connectivity index (χ1) is 24.8. The van der Waals surface area contributed by atoms with Crippen LogP contribution >= 0.6 is 11.3 Å². The van der Waals surface area contributed by atoms with Gasteiger partial charge in [0.25, 0.3) is 15.9 Å².